The monoisotopic (exact) mass is 420 g/mol. The predicted molar refractivity (Wildman–Crippen MR) is 100.0 cm³/mol. The SMILES string of the molecule is O=C(NN=Cc1ccc(C(F)(F)F)cc1)c1c(O)ccc(-c2ccc(F)cc2)c1F. The molecular weight excluding hydrogens is 407 g/mol. The molecule has 9 heteroatoms. The molecule has 0 saturated carbocycles. The first-order valence-electron chi connectivity index (χ1n) is 8.45. The number of phenols is 1. The number of amides is 1. The van der Waals surface area contributed by atoms with Gasteiger partial charge >= 0.3 is 6.18 Å². The van der Waals surface area contributed by atoms with Gasteiger partial charge in [-0.05, 0) is 47.5 Å². The summed E-state index contributed by atoms with van der Waals surface area (Å²) in [6.07, 6.45) is -3.41. The zero-order chi connectivity index (χ0) is 21.9. The van der Waals surface area contributed by atoms with Gasteiger partial charge in [0.2, 0.25) is 0 Å². The van der Waals surface area contributed by atoms with Crippen LogP contribution in [0.2, 0.25) is 0 Å². The molecule has 0 saturated heterocycles. The van der Waals surface area contributed by atoms with Crippen LogP contribution < -0.4 is 5.43 Å². The number of hydrazone groups is 1. The van der Waals surface area contributed by atoms with Crippen molar-refractivity contribution >= 4 is 12.1 Å². The molecule has 3 aromatic carbocycles. The summed E-state index contributed by atoms with van der Waals surface area (Å²) in [5, 5.41) is 13.5. The van der Waals surface area contributed by atoms with Crippen LogP contribution in [0.3, 0.4) is 0 Å². The molecule has 0 spiro atoms. The first-order chi connectivity index (χ1) is 14.2. The molecule has 0 fully saturated rings. The highest BCUT2D eigenvalue weighted by Gasteiger charge is 2.29. The number of alkyl halides is 3. The van der Waals surface area contributed by atoms with Crippen molar-refractivity contribution in [3.8, 4) is 16.9 Å². The van der Waals surface area contributed by atoms with Crippen LogP contribution in [0.1, 0.15) is 21.5 Å². The molecule has 0 aliphatic rings. The molecule has 0 aromatic heterocycles. The summed E-state index contributed by atoms with van der Waals surface area (Å²) in [7, 11) is 0. The van der Waals surface area contributed by atoms with Gasteiger partial charge in [0.1, 0.15) is 22.9 Å². The van der Waals surface area contributed by atoms with E-state index in [0.717, 1.165) is 48.7 Å². The third-order valence-corrected chi connectivity index (χ3v) is 4.12. The van der Waals surface area contributed by atoms with E-state index in [1.165, 1.54) is 18.2 Å². The van der Waals surface area contributed by atoms with E-state index in [2.05, 4.69) is 5.10 Å². The molecule has 0 unspecified atom stereocenters. The second-order valence-electron chi connectivity index (χ2n) is 6.15. The van der Waals surface area contributed by atoms with E-state index in [1.807, 2.05) is 5.43 Å². The lowest BCUT2D eigenvalue weighted by Crippen LogP contribution is -2.19. The van der Waals surface area contributed by atoms with Crippen LogP contribution in [0.5, 0.6) is 5.75 Å². The van der Waals surface area contributed by atoms with Gasteiger partial charge < -0.3 is 5.11 Å². The van der Waals surface area contributed by atoms with Gasteiger partial charge in [-0.2, -0.15) is 18.3 Å². The van der Waals surface area contributed by atoms with Crippen LogP contribution in [0.4, 0.5) is 22.0 Å². The summed E-state index contributed by atoms with van der Waals surface area (Å²) in [4.78, 5) is 12.3. The van der Waals surface area contributed by atoms with Gasteiger partial charge in [-0.25, -0.2) is 14.2 Å². The van der Waals surface area contributed by atoms with Gasteiger partial charge in [-0.1, -0.05) is 24.3 Å². The standard InChI is InChI=1S/C21H13F5N2O2/c22-15-7-3-13(4-8-15)16-9-10-17(29)18(19(16)23)20(30)28-27-11-12-1-5-14(6-2-12)21(24,25)26/h1-11,29H,(H,28,30). The molecule has 4 nitrogen and oxygen atoms in total. The second kappa shape index (κ2) is 8.32. The number of hydrogen-bond acceptors (Lipinski definition) is 3. The van der Waals surface area contributed by atoms with Crippen molar-refractivity contribution in [3.63, 3.8) is 0 Å². The zero-order valence-electron chi connectivity index (χ0n) is 15.0. The van der Waals surface area contributed by atoms with Crippen LogP contribution in [-0.4, -0.2) is 17.2 Å². The fraction of sp³-hybridized carbons (Fsp3) is 0.0476. The summed E-state index contributed by atoms with van der Waals surface area (Å²) < 4.78 is 65.5. The van der Waals surface area contributed by atoms with Gasteiger partial charge in [0.05, 0.1) is 11.8 Å². The van der Waals surface area contributed by atoms with Gasteiger partial charge in [0.15, 0.2) is 0 Å². The number of halogens is 5. The van der Waals surface area contributed by atoms with E-state index in [1.54, 1.807) is 0 Å². The Bertz CT molecular complexity index is 1090. The number of carbonyl (C=O) groups excluding carboxylic acids is 1. The van der Waals surface area contributed by atoms with E-state index in [4.69, 9.17) is 0 Å². The maximum absolute atomic E-state index is 14.8. The predicted octanol–water partition coefficient (Wildman–Crippen LogP) is 5.12. The Balaban J connectivity index is 1.79. The quantitative estimate of drug-likeness (QED) is 0.350. The molecule has 154 valence electrons. The summed E-state index contributed by atoms with van der Waals surface area (Å²) in [6, 6.07) is 11.2. The van der Waals surface area contributed by atoms with Gasteiger partial charge in [0, 0.05) is 5.56 Å². The van der Waals surface area contributed by atoms with Crippen molar-refractivity contribution in [2.24, 2.45) is 5.10 Å². The van der Waals surface area contributed by atoms with E-state index < -0.39 is 40.6 Å². The van der Waals surface area contributed by atoms with Crippen molar-refractivity contribution in [1.29, 1.82) is 0 Å². The minimum atomic E-state index is -4.48. The minimum absolute atomic E-state index is 0.0373. The summed E-state index contributed by atoms with van der Waals surface area (Å²) in [5.74, 6) is -3.27. The highest BCUT2D eigenvalue weighted by Crippen LogP contribution is 2.31. The lowest BCUT2D eigenvalue weighted by atomic mass is 10.0. The largest absolute Gasteiger partial charge is 0.507 e. The Morgan fingerprint density at radius 3 is 2.17 bits per heavy atom. The maximum atomic E-state index is 14.8. The first-order valence-corrected chi connectivity index (χ1v) is 8.45. The Labute approximate surface area is 167 Å². The lowest BCUT2D eigenvalue weighted by Gasteiger charge is -2.10. The van der Waals surface area contributed by atoms with E-state index in [0.29, 0.717) is 0 Å². The molecule has 0 aliphatic carbocycles. The molecule has 1 amide bonds. The average molecular weight is 420 g/mol. The van der Waals surface area contributed by atoms with Gasteiger partial charge in [-0.3, -0.25) is 4.79 Å². The highest BCUT2D eigenvalue weighted by molar-refractivity contribution is 5.99. The number of rotatable bonds is 4. The first kappa shape index (κ1) is 21.0. The molecule has 3 rings (SSSR count). The Morgan fingerprint density at radius 2 is 1.57 bits per heavy atom. The number of benzene rings is 3. The van der Waals surface area contributed by atoms with Crippen molar-refractivity contribution in [3.05, 3.63) is 89.0 Å². The third-order valence-electron chi connectivity index (χ3n) is 4.12. The van der Waals surface area contributed by atoms with Crippen LogP contribution in [0.15, 0.2) is 65.8 Å². The van der Waals surface area contributed by atoms with E-state index >= 15 is 0 Å². The highest BCUT2D eigenvalue weighted by atomic mass is 19.4. The fourth-order valence-electron chi connectivity index (χ4n) is 2.61. The molecule has 0 heterocycles. The molecular formula is C21H13F5N2O2. The molecule has 30 heavy (non-hydrogen) atoms. The molecule has 0 bridgehead atoms. The number of hydrogen-bond donors (Lipinski definition) is 2. The fourth-order valence-corrected chi connectivity index (χ4v) is 2.61. The summed E-state index contributed by atoms with van der Waals surface area (Å²) in [6.45, 7) is 0. The van der Waals surface area contributed by atoms with E-state index in [-0.39, 0.29) is 16.7 Å². The van der Waals surface area contributed by atoms with Crippen LogP contribution in [-0.2, 0) is 6.18 Å². The van der Waals surface area contributed by atoms with E-state index in [9.17, 15) is 31.9 Å². The maximum Gasteiger partial charge on any atom is 0.416 e. The zero-order valence-corrected chi connectivity index (χ0v) is 15.0. The third kappa shape index (κ3) is 4.62. The Kier molecular flexibility index (Phi) is 5.81. The number of nitrogens with zero attached hydrogens (tertiary/aromatic N) is 1. The number of carbonyl (C=O) groups is 1. The van der Waals surface area contributed by atoms with Gasteiger partial charge in [0.25, 0.3) is 5.91 Å². The number of phenolic OH excluding ortho intramolecular Hbond substituents is 1. The molecule has 3 aromatic rings. The normalized spacial score (nSPS) is 11.6. The smallest absolute Gasteiger partial charge is 0.416 e. The number of nitrogens with one attached hydrogen (secondary N) is 1. The van der Waals surface area contributed by atoms with Crippen LogP contribution >= 0.6 is 0 Å². The van der Waals surface area contributed by atoms with Crippen molar-refractivity contribution < 1.29 is 31.9 Å². The Hall–Kier alpha value is -3.75. The second-order valence-corrected chi connectivity index (χ2v) is 6.15. The van der Waals surface area contributed by atoms with Crippen LogP contribution in [0.25, 0.3) is 11.1 Å². The van der Waals surface area contributed by atoms with Crippen molar-refractivity contribution in [2.45, 2.75) is 6.18 Å². The minimum Gasteiger partial charge on any atom is -0.507 e. The van der Waals surface area contributed by atoms with Gasteiger partial charge in [-0.15, -0.1) is 0 Å². The molecule has 0 aliphatic heterocycles. The molecule has 0 atom stereocenters. The average Bonchev–Trinajstić information content (AvgIpc) is 2.69. The van der Waals surface area contributed by atoms with Crippen LogP contribution in [0, 0.1) is 11.6 Å². The lowest BCUT2D eigenvalue weighted by molar-refractivity contribution is -0.137. The van der Waals surface area contributed by atoms with Crippen molar-refractivity contribution in [2.75, 3.05) is 0 Å². The number of aromatic hydroxyl groups is 1. The topological polar surface area (TPSA) is 61.7 Å². The molecule has 0 radical (unpaired) electrons. The Morgan fingerprint density at radius 1 is 0.933 bits per heavy atom. The summed E-state index contributed by atoms with van der Waals surface area (Å²) in [5.41, 5.74) is 0.999. The van der Waals surface area contributed by atoms with Crippen molar-refractivity contribution in [1.82, 2.24) is 5.43 Å². The summed E-state index contributed by atoms with van der Waals surface area (Å²) >= 11 is 0. The molecule has 2 N–H and O–H groups in total.